The van der Waals surface area contributed by atoms with Crippen LogP contribution >= 0.6 is 7.60 Å². The van der Waals surface area contributed by atoms with E-state index in [0.717, 1.165) is 0 Å². The molecule has 0 fully saturated rings. The number of hydrogen-bond donors (Lipinski definition) is 0. The van der Waals surface area contributed by atoms with Gasteiger partial charge in [-0.1, -0.05) is 0 Å². The predicted octanol–water partition coefficient (Wildman–Crippen LogP) is 1.85. The van der Waals surface area contributed by atoms with Crippen LogP contribution < -0.4 is 0 Å². The molecule has 0 spiro atoms. The fourth-order valence-electron chi connectivity index (χ4n) is 0.626. The largest absolute Gasteiger partial charge is 0.366 e. The van der Waals surface area contributed by atoms with Crippen molar-refractivity contribution in [2.24, 2.45) is 0 Å². The molecule has 0 aromatic carbocycles. The van der Waals surface area contributed by atoms with E-state index in [2.05, 4.69) is 0 Å². The summed E-state index contributed by atoms with van der Waals surface area (Å²) >= 11 is 0. The SMILES string of the molecule is COC(C)(C)P(=O)(OC)OC. The Kier molecular flexibility index (Phi) is 3.71. The first-order valence-corrected chi connectivity index (χ1v) is 4.74. The Morgan fingerprint density at radius 3 is 1.55 bits per heavy atom. The summed E-state index contributed by atoms with van der Waals surface area (Å²) in [5.74, 6) is 0. The topological polar surface area (TPSA) is 44.8 Å². The fourth-order valence-corrected chi connectivity index (χ4v) is 1.88. The summed E-state index contributed by atoms with van der Waals surface area (Å²) in [6.07, 6.45) is 0. The minimum absolute atomic E-state index is 0.892. The van der Waals surface area contributed by atoms with Gasteiger partial charge in [0.25, 0.3) is 0 Å². The van der Waals surface area contributed by atoms with E-state index in [0.29, 0.717) is 0 Å². The molecule has 0 aliphatic heterocycles. The van der Waals surface area contributed by atoms with Crippen molar-refractivity contribution in [3.8, 4) is 0 Å². The van der Waals surface area contributed by atoms with Crippen molar-refractivity contribution in [3.63, 3.8) is 0 Å². The van der Waals surface area contributed by atoms with Crippen LogP contribution in [-0.2, 0) is 18.3 Å². The van der Waals surface area contributed by atoms with Gasteiger partial charge in [-0.05, 0) is 13.8 Å². The molecule has 0 amide bonds. The average molecular weight is 182 g/mol. The highest BCUT2D eigenvalue weighted by atomic mass is 31.2. The predicted molar refractivity (Wildman–Crippen MR) is 42.7 cm³/mol. The summed E-state index contributed by atoms with van der Waals surface area (Å²) in [5, 5.41) is -0.892. The average Bonchev–Trinajstić information content (AvgIpc) is 2.02. The molecule has 11 heavy (non-hydrogen) atoms. The molecule has 68 valence electrons. The van der Waals surface area contributed by atoms with Gasteiger partial charge in [-0.2, -0.15) is 0 Å². The lowest BCUT2D eigenvalue weighted by Gasteiger charge is -2.29. The van der Waals surface area contributed by atoms with Crippen LogP contribution in [0, 0.1) is 0 Å². The number of rotatable bonds is 4. The second-order valence-corrected chi connectivity index (χ2v) is 5.32. The minimum Gasteiger partial charge on any atom is -0.366 e. The molecule has 0 atom stereocenters. The zero-order valence-electron chi connectivity index (χ0n) is 7.58. The Morgan fingerprint density at radius 2 is 1.45 bits per heavy atom. The van der Waals surface area contributed by atoms with Crippen LogP contribution in [0.15, 0.2) is 0 Å². The summed E-state index contributed by atoms with van der Waals surface area (Å²) in [6, 6.07) is 0. The third kappa shape index (κ3) is 2.03. The Morgan fingerprint density at radius 1 is 1.09 bits per heavy atom. The molecule has 0 bridgehead atoms. The molecule has 0 unspecified atom stereocenters. The van der Waals surface area contributed by atoms with Crippen LogP contribution in [0.5, 0.6) is 0 Å². The number of methoxy groups -OCH3 is 1. The van der Waals surface area contributed by atoms with Crippen LogP contribution in [0.3, 0.4) is 0 Å². The summed E-state index contributed by atoms with van der Waals surface area (Å²) in [7, 11) is 1.03. The van der Waals surface area contributed by atoms with Gasteiger partial charge in [-0.15, -0.1) is 0 Å². The van der Waals surface area contributed by atoms with Crippen molar-refractivity contribution in [1.29, 1.82) is 0 Å². The number of ether oxygens (including phenoxy) is 1. The van der Waals surface area contributed by atoms with E-state index in [1.54, 1.807) is 13.8 Å². The maximum atomic E-state index is 11.6. The van der Waals surface area contributed by atoms with Crippen LogP contribution in [0.25, 0.3) is 0 Å². The second kappa shape index (κ2) is 3.68. The Labute approximate surface area is 67.4 Å². The highest BCUT2D eigenvalue weighted by molar-refractivity contribution is 7.55. The van der Waals surface area contributed by atoms with Crippen LogP contribution in [-0.4, -0.2) is 26.7 Å². The zero-order valence-corrected chi connectivity index (χ0v) is 8.47. The molecular formula is C6H15O4P. The molecule has 0 rings (SSSR count). The molecule has 0 saturated heterocycles. The molecular weight excluding hydrogens is 167 g/mol. The van der Waals surface area contributed by atoms with Gasteiger partial charge in [0.05, 0.1) is 0 Å². The zero-order chi connectivity index (χ0) is 9.12. The summed E-state index contributed by atoms with van der Waals surface area (Å²) in [4.78, 5) is 0. The Hall–Kier alpha value is 0.110. The first kappa shape index (κ1) is 11.1. The van der Waals surface area contributed by atoms with E-state index in [4.69, 9.17) is 13.8 Å². The third-order valence-electron chi connectivity index (χ3n) is 1.64. The van der Waals surface area contributed by atoms with E-state index in [9.17, 15) is 4.57 Å². The first-order valence-electron chi connectivity index (χ1n) is 3.20. The quantitative estimate of drug-likeness (QED) is 0.622. The van der Waals surface area contributed by atoms with Crippen molar-refractivity contribution < 1.29 is 18.3 Å². The maximum Gasteiger partial charge on any atom is 0.361 e. The van der Waals surface area contributed by atoms with Gasteiger partial charge in [-0.25, -0.2) is 0 Å². The third-order valence-corrected chi connectivity index (χ3v) is 4.10. The summed E-state index contributed by atoms with van der Waals surface area (Å²) in [6.45, 7) is 3.31. The van der Waals surface area contributed by atoms with Gasteiger partial charge in [0.15, 0.2) is 5.34 Å². The van der Waals surface area contributed by atoms with Crippen molar-refractivity contribution >= 4 is 7.60 Å². The fraction of sp³-hybridized carbons (Fsp3) is 1.00. The second-order valence-electron chi connectivity index (χ2n) is 2.51. The van der Waals surface area contributed by atoms with Gasteiger partial charge < -0.3 is 13.8 Å². The van der Waals surface area contributed by atoms with E-state index >= 15 is 0 Å². The van der Waals surface area contributed by atoms with E-state index in [-0.39, 0.29) is 0 Å². The molecule has 0 saturated carbocycles. The highest BCUT2D eigenvalue weighted by Gasteiger charge is 2.42. The van der Waals surface area contributed by atoms with Gasteiger partial charge in [-0.3, -0.25) is 4.57 Å². The van der Waals surface area contributed by atoms with Crippen LogP contribution in [0.4, 0.5) is 0 Å². The smallest absolute Gasteiger partial charge is 0.361 e. The van der Waals surface area contributed by atoms with Crippen molar-refractivity contribution in [3.05, 3.63) is 0 Å². The molecule has 0 aliphatic rings. The lowest BCUT2D eigenvalue weighted by Crippen LogP contribution is -2.24. The van der Waals surface area contributed by atoms with Gasteiger partial charge in [0.2, 0.25) is 0 Å². The van der Waals surface area contributed by atoms with Gasteiger partial charge >= 0.3 is 7.60 Å². The monoisotopic (exact) mass is 182 g/mol. The Bertz CT molecular complexity index is 158. The van der Waals surface area contributed by atoms with Crippen molar-refractivity contribution in [2.75, 3.05) is 21.3 Å². The summed E-state index contributed by atoms with van der Waals surface area (Å²) < 4.78 is 26.1. The lowest BCUT2D eigenvalue weighted by molar-refractivity contribution is 0.0585. The molecule has 0 radical (unpaired) electrons. The number of hydrogen-bond acceptors (Lipinski definition) is 4. The molecule has 0 aromatic heterocycles. The first-order chi connectivity index (χ1) is 4.93. The van der Waals surface area contributed by atoms with E-state index < -0.39 is 12.9 Å². The molecule has 0 N–H and O–H groups in total. The molecule has 0 heterocycles. The molecule has 4 nitrogen and oxygen atoms in total. The van der Waals surface area contributed by atoms with Crippen LogP contribution in [0.1, 0.15) is 13.8 Å². The minimum atomic E-state index is -3.11. The lowest BCUT2D eigenvalue weighted by atomic mass is 10.5. The van der Waals surface area contributed by atoms with E-state index in [1.807, 2.05) is 0 Å². The normalized spacial score (nSPS) is 13.5. The van der Waals surface area contributed by atoms with E-state index in [1.165, 1.54) is 21.3 Å². The van der Waals surface area contributed by atoms with Crippen molar-refractivity contribution in [1.82, 2.24) is 0 Å². The summed E-state index contributed by atoms with van der Waals surface area (Å²) in [5.41, 5.74) is 0. The maximum absolute atomic E-state index is 11.6. The highest BCUT2D eigenvalue weighted by Crippen LogP contribution is 2.58. The van der Waals surface area contributed by atoms with Gasteiger partial charge in [0.1, 0.15) is 0 Å². The molecule has 0 aliphatic carbocycles. The van der Waals surface area contributed by atoms with Gasteiger partial charge in [0, 0.05) is 21.3 Å². The van der Waals surface area contributed by atoms with Crippen LogP contribution in [0.2, 0.25) is 0 Å². The Balaban J connectivity index is 4.63. The molecule has 5 heteroatoms. The molecule has 0 aromatic rings. The standard InChI is InChI=1S/C6H15O4P/c1-6(2,8-3)11(7,9-4)10-5/h1-5H3. The van der Waals surface area contributed by atoms with Crippen molar-refractivity contribution in [2.45, 2.75) is 19.2 Å².